The van der Waals surface area contributed by atoms with Gasteiger partial charge in [-0.1, -0.05) is 42.5 Å². The number of carboxylic acids is 1. The molecular formula is C26H29N7O5. The van der Waals surface area contributed by atoms with Crippen molar-refractivity contribution in [3.05, 3.63) is 82.4 Å². The van der Waals surface area contributed by atoms with E-state index in [4.69, 9.17) is 4.74 Å². The molecule has 0 aliphatic rings. The molecule has 12 nitrogen and oxygen atoms in total. The molecule has 198 valence electrons. The molecule has 5 N–H and O–H groups in total. The van der Waals surface area contributed by atoms with Crippen molar-refractivity contribution in [2.45, 2.75) is 32.5 Å². The smallest absolute Gasteiger partial charge is 0.408 e. The zero-order valence-corrected chi connectivity index (χ0v) is 20.8. The van der Waals surface area contributed by atoms with Crippen LogP contribution < -0.4 is 21.6 Å². The zero-order chi connectivity index (χ0) is 26.9. The van der Waals surface area contributed by atoms with Gasteiger partial charge in [-0.05, 0) is 31.0 Å². The quantitative estimate of drug-likeness (QED) is 0.177. The first-order chi connectivity index (χ1) is 18.4. The first-order valence-electron chi connectivity index (χ1n) is 12.1. The minimum absolute atomic E-state index is 0.00617. The lowest BCUT2D eigenvalue weighted by molar-refractivity contribution is -0.139. The second-order valence-corrected chi connectivity index (χ2v) is 8.61. The summed E-state index contributed by atoms with van der Waals surface area (Å²) in [4.78, 5) is 48.1. The number of aliphatic carboxylic acids is 1. The number of amides is 1. The number of fused-ring (bicyclic) bond motifs is 1. The lowest BCUT2D eigenvalue weighted by Crippen LogP contribution is -2.45. The molecule has 4 aromatic rings. The number of aryl methyl sites for hydroxylation is 1. The number of hydrogen-bond donors (Lipinski definition) is 5. The molecule has 0 radical (unpaired) electrons. The fourth-order valence-corrected chi connectivity index (χ4v) is 3.74. The molecule has 1 amide bonds. The number of nitrogens with zero attached hydrogens (tertiary/aromatic N) is 3. The van der Waals surface area contributed by atoms with Crippen molar-refractivity contribution in [3.8, 4) is 0 Å². The van der Waals surface area contributed by atoms with E-state index in [9.17, 15) is 19.5 Å². The van der Waals surface area contributed by atoms with Gasteiger partial charge in [0.05, 0.1) is 17.6 Å². The maximum absolute atomic E-state index is 12.6. The Labute approximate surface area is 218 Å². The summed E-state index contributed by atoms with van der Waals surface area (Å²) in [7, 11) is 0. The van der Waals surface area contributed by atoms with E-state index in [-0.39, 0.29) is 13.2 Å². The van der Waals surface area contributed by atoms with Crippen molar-refractivity contribution in [2.75, 3.05) is 23.7 Å². The van der Waals surface area contributed by atoms with Crippen LogP contribution in [-0.4, -0.2) is 55.8 Å². The van der Waals surface area contributed by atoms with Crippen LogP contribution in [-0.2, 0) is 22.7 Å². The van der Waals surface area contributed by atoms with Gasteiger partial charge in [0.15, 0.2) is 0 Å². The Morgan fingerprint density at radius 3 is 2.55 bits per heavy atom. The summed E-state index contributed by atoms with van der Waals surface area (Å²) in [5.74, 6) is -0.198. The molecule has 0 spiro atoms. The zero-order valence-electron chi connectivity index (χ0n) is 20.8. The van der Waals surface area contributed by atoms with Gasteiger partial charge in [-0.3, -0.25) is 4.57 Å². The number of alkyl carbamates (subject to hydrolysis) is 1. The molecule has 0 bridgehead atoms. The van der Waals surface area contributed by atoms with Crippen LogP contribution in [0.3, 0.4) is 0 Å². The van der Waals surface area contributed by atoms with E-state index in [1.165, 1.54) is 6.20 Å². The minimum atomic E-state index is -1.37. The van der Waals surface area contributed by atoms with Gasteiger partial charge in [-0.25, -0.2) is 19.4 Å². The third kappa shape index (κ3) is 7.09. The summed E-state index contributed by atoms with van der Waals surface area (Å²) in [6, 6.07) is 15.4. The number of anilines is 2. The molecule has 2 aromatic heterocycles. The van der Waals surface area contributed by atoms with Gasteiger partial charge in [-0.2, -0.15) is 4.98 Å². The summed E-state index contributed by atoms with van der Waals surface area (Å²) in [5, 5.41) is 18.2. The Balaban J connectivity index is 1.26. The topological polar surface area (TPSA) is 163 Å². The molecule has 1 atom stereocenters. The number of imidazole rings is 1. The standard InChI is InChI=1S/C26H29N7O5/c1-17-14-33(15-21(23(34)35)31-26(37)38-16-18-8-3-2-4-9-18)25(36)32-22(17)27-12-7-13-28-24-29-19-10-5-6-11-20(19)30-24/h2-6,8-11,14,21H,7,12-13,15-16H2,1H3,(H,31,37)(H,34,35)(H,27,32,36)(H2,28,29,30)/t21-/m0/s1. The van der Waals surface area contributed by atoms with Crippen molar-refractivity contribution < 1.29 is 19.4 Å². The third-order valence-electron chi connectivity index (χ3n) is 5.69. The van der Waals surface area contributed by atoms with E-state index in [0.717, 1.165) is 27.6 Å². The molecule has 38 heavy (non-hydrogen) atoms. The van der Waals surface area contributed by atoms with E-state index >= 15 is 0 Å². The van der Waals surface area contributed by atoms with Gasteiger partial charge in [0.1, 0.15) is 18.5 Å². The molecule has 0 aliphatic carbocycles. The van der Waals surface area contributed by atoms with Crippen molar-refractivity contribution in [3.63, 3.8) is 0 Å². The van der Waals surface area contributed by atoms with E-state index in [0.29, 0.717) is 30.4 Å². The number of rotatable bonds is 12. The number of carboxylic acid groups (broad SMARTS) is 1. The second kappa shape index (κ2) is 12.4. The van der Waals surface area contributed by atoms with Gasteiger partial charge in [0.2, 0.25) is 5.95 Å². The Hall–Kier alpha value is -4.87. The number of H-pyrrole nitrogens is 1. The molecule has 4 rings (SSSR count). The maximum Gasteiger partial charge on any atom is 0.408 e. The SMILES string of the molecule is Cc1cn(C[C@H](NC(=O)OCc2ccccc2)C(=O)O)c(=O)nc1NCCCNc1nc2ccccc2[nH]1. The Kier molecular flexibility index (Phi) is 8.54. The van der Waals surface area contributed by atoms with Gasteiger partial charge >= 0.3 is 17.8 Å². The fourth-order valence-electron chi connectivity index (χ4n) is 3.74. The predicted molar refractivity (Wildman–Crippen MR) is 142 cm³/mol. The summed E-state index contributed by atoms with van der Waals surface area (Å²) in [6.45, 7) is 2.65. The number of carbonyl (C=O) groups excluding carboxylic acids is 1. The summed E-state index contributed by atoms with van der Waals surface area (Å²) in [5.41, 5.74) is 2.63. The van der Waals surface area contributed by atoms with E-state index in [1.54, 1.807) is 31.2 Å². The number of carbonyl (C=O) groups is 2. The monoisotopic (exact) mass is 519 g/mol. The van der Waals surface area contributed by atoms with Crippen molar-refractivity contribution >= 4 is 34.9 Å². The van der Waals surface area contributed by atoms with Gasteiger partial charge in [-0.15, -0.1) is 0 Å². The van der Waals surface area contributed by atoms with Crippen LogP contribution in [0.1, 0.15) is 17.5 Å². The Morgan fingerprint density at radius 1 is 1.05 bits per heavy atom. The first-order valence-corrected chi connectivity index (χ1v) is 12.1. The minimum Gasteiger partial charge on any atom is -0.480 e. The van der Waals surface area contributed by atoms with Crippen LogP contribution in [0, 0.1) is 6.92 Å². The summed E-state index contributed by atoms with van der Waals surface area (Å²) < 4.78 is 6.24. The number of hydrogen-bond acceptors (Lipinski definition) is 8. The third-order valence-corrected chi connectivity index (χ3v) is 5.69. The molecule has 0 fully saturated rings. The van der Waals surface area contributed by atoms with Crippen LogP contribution in [0.5, 0.6) is 0 Å². The number of benzene rings is 2. The van der Waals surface area contributed by atoms with E-state index in [2.05, 4.69) is 30.9 Å². The normalized spacial score (nSPS) is 11.6. The van der Waals surface area contributed by atoms with Gasteiger partial charge in [0, 0.05) is 24.8 Å². The van der Waals surface area contributed by atoms with Crippen molar-refractivity contribution in [2.24, 2.45) is 0 Å². The van der Waals surface area contributed by atoms with Crippen LogP contribution in [0.4, 0.5) is 16.6 Å². The number of aromatic amines is 1. The van der Waals surface area contributed by atoms with Crippen molar-refractivity contribution in [1.29, 1.82) is 0 Å². The van der Waals surface area contributed by atoms with E-state index in [1.807, 2.05) is 30.3 Å². The number of aromatic nitrogens is 4. The molecule has 0 saturated carbocycles. The van der Waals surface area contributed by atoms with Crippen LogP contribution in [0.25, 0.3) is 11.0 Å². The molecule has 2 heterocycles. The van der Waals surface area contributed by atoms with Crippen molar-refractivity contribution in [1.82, 2.24) is 24.8 Å². The van der Waals surface area contributed by atoms with Crippen LogP contribution in [0.2, 0.25) is 0 Å². The molecule has 2 aromatic carbocycles. The van der Waals surface area contributed by atoms with Crippen LogP contribution in [0.15, 0.2) is 65.6 Å². The first kappa shape index (κ1) is 26.2. The number of para-hydroxylation sites is 2. The highest BCUT2D eigenvalue weighted by atomic mass is 16.5. The number of nitrogens with one attached hydrogen (secondary N) is 4. The highest BCUT2D eigenvalue weighted by molar-refractivity contribution is 5.80. The maximum atomic E-state index is 12.6. The van der Waals surface area contributed by atoms with Gasteiger partial charge < -0.3 is 30.8 Å². The van der Waals surface area contributed by atoms with Gasteiger partial charge in [0.25, 0.3) is 0 Å². The average Bonchev–Trinajstić information content (AvgIpc) is 3.33. The van der Waals surface area contributed by atoms with Crippen LogP contribution >= 0.6 is 0 Å². The van der Waals surface area contributed by atoms with E-state index < -0.39 is 23.8 Å². The second-order valence-electron chi connectivity index (χ2n) is 8.61. The highest BCUT2D eigenvalue weighted by Gasteiger charge is 2.22. The Morgan fingerprint density at radius 2 is 1.79 bits per heavy atom. The predicted octanol–water partition coefficient (Wildman–Crippen LogP) is 2.72. The molecular weight excluding hydrogens is 490 g/mol. The summed E-state index contributed by atoms with van der Waals surface area (Å²) in [6.07, 6.45) is 1.35. The molecule has 12 heteroatoms. The Bertz CT molecular complexity index is 1420. The molecule has 0 unspecified atom stereocenters. The fraction of sp³-hybridized carbons (Fsp3) is 0.269. The number of ether oxygens (including phenoxy) is 1. The molecule has 0 aliphatic heterocycles. The summed E-state index contributed by atoms with van der Waals surface area (Å²) >= 11 is 0. The average molecular weight is 520 g/mol. The lowest BCUT2D eigenvalue weighted by atomic mass is 10.2. The largest absolute Gasteiger partial charge is 0.480 e. The molecule has 0 saturated heterocycles. The lowest BCUT2D eigenvalue weighted by Gasteiger charge is -2.17. The highest BCUT2D eigenvalue weighted by Crippen LogP contribution is 2.13.